The first-order chi connectivity index (χ1) is 16.7. The summed E-state index contributed by atoms with van der Waals surface area (Å²) in [5.74, 6) is 0.218. The molecule has 2 atom stereocenters. The van der Waals surface area contributed by atoms with Crippen molar-refractivity contribution in [3.05, 3.63) is 88.1 Å². The van der Waals surface area contributed by atoms with Crippen LogP contribution in [0.5, 0.6) is 0 Å². The van der Waals surface area contributed by atoms with E-state index in [1.807, 2.05) is 44.2 Å². The van der Waals surface area contributed by atoms with Crippen molar-refractivity contribution in [2.24, 2.45) is 11.7 Å². The second-order valence-electron chi connectivity index (χ2n) is 8.16. The number of hydrogen-bond acceptors (Lipinski definition) is 8. The van der Waals surface area contributed by atoms with Crippen LogP contribution in [0.15, 0.2) is 65.3 Å². The average molecular weight is 498 g/mol. The predicted molar refractivity (Wildman–Crippen MR) is 134 cm³/mol. The molecular formula is C24H27N5O5S. The van der Waals surface area contributed by atoms with Gasteiger partial charge in [0.25, 0.3) is 11.6 Å². The third kappa shape index (κ3) is 7.39. The highest BCUT2D eigenvalue weighted by atomic mass is 32.2. The van der Waals surface area contributed by atoms with E-state index < -0.39 is 28.8 Å². The minimum atomic E-state index is -0.898. The van der Waals surface area contributed by atoms with Gasteiger partial charge in [0.2, 0.25) is 11.8 Å². The van der Waals surface area contributed by atoms with Crippen molar-refractivity contribution in [2.75, 3.05) is 11.1 Å². The topological polar surface area (TPSA) is 153 Å². The highest BCUT2D eigenvalue weighted by molar-refractivity contribution is 7.98. The van der Waals surface area contributed by atoms with Crippen molar-refractivity contribution in [2.45, 2.75) is 31.7 Å². The molecule has 2 unspecified atom stereocenters. The van der Waals surface area contributed by atoms with Crippen LogP contribution in [-0.2, 0) is 10.5 Å². The number of nitro benzene ring substituents is 1. The highest BCUT2D eigenvalue weighted by Crippen LogP contribution is 2.19. The zero-order valence-electron chi connectivity index (χ0n) is 19.3. The van der Waals surface area contributed by atoms with Gasteiger partial charge >= 0.3 is 0 Å². The van der Waals surface area contributed by atoms with Crippen LogP contribution in [-0.4, -0.2) is 33.5 Å². The number of nitro groups is 1. The molecule has 0 saturated carbocycles. The number of non-ortho nitro benzene ring substituents is 1. The molecule has 4 N–H and O–H groups in total. The van der Waals surface area contributed by atoms with Crippen molar-refractivity contribution >= 4 is 35.0 Å². The number of amides is 2. The lowest BCUT2D eigenvalue weighted by Crippen LogP contribution is -2.45. The van der Waals surface area contributed by atoms with Crippen LogP contribution in [0.3, 0.4) is 0 Å². The van der Waals surface area contributed by atoms with Gasteiger partial charge in [-0.3, -0.25) is 19.7 Å². The van der Waals surface area contributed by atoms with Crippen molar-refractivity contribution in [1.82, 2.24) is 10.3 Å². The van der Waals surface area contributed by atoms with E-state index in [0.29, 0.717) is 11.4 Å². The monoisotopic (exact) mass is 497 g/mol. The molecule has 35 heavy (non-hydrogen) atoms. The number of rotatable bonds is 11. The number of hydrogen-bond donors (Lipinski definition) is 3. The molecule has 10 nitrogen and oxygen atoms in total. The Kier molecular flexibility index (Phi) is 8.98. The zero-order valence-corrected chi connectivity index (χ0v) is 20.2. The van der Waals surface area contributed by atoms with Gasteiger partial charge in [0.15, 0.2) is 5.69 Å². The molecule has 3 rings (SSSR count). The number of nitrogens with zero attached hydrogens (tertiary/aromatic N) is 2. The van der Waals surface area contributed by atoms with Gasteiger partial charge in [0, 0.05) is 29.3 Å². The summed E-state index contributed by atoms with van der Waals surface area (Å²) in [5, 5.41) is 16.3. The molecule has 2 amide bonds. The standard InChI is InChI=1S/C24H27N5O5S/c1-15(2)21(25)24-28-19(12-34-24)22(30)27-20(14-35-13-16-6-4-3-5-7-16)23(31)26-17-8-10-18(11-9-17)29(32)33/h3-12,15,20-21H,13-14,25H2,1-2H3,(H,26,31)(H,27,30). The Morgan fingerprint density at radius 1 is 1.14 bits per heavy atom. The summed E-state index contributed by atoms with van der Waals surface area (Å²) in [6.45, 7) is 3.83. The first-order valence-electron chi connectivity index (χ1n) is 10.9. The molecule has 3 aromatic rings. The summed E-state index contributed by atoms with van der Waals surface area (Å²) >= 11 is 1.48. The van der Waals surface area contributed by atoms with E-state index in [2.05, 4.69) is 15.6 Å². The lowest BCUT2D eigenvalue weighted by Gasteiger charge is -2.18. The van der Waals surface area contributed by atoms with Crippen LogP contribution in [0.2, 0.25) is 0 Å². The fourth-order valence-electron chi connectivity index (χ4n) is 3.01. The molecule has 2 aromatic carbocycles. The molecule has 11 heteroatoms. The maximum absolute atomic E-state index is 13.0. The van der Waals surface area contributed by atoms with E-state index >= 15 is 0 Å². The Morgan fingerprint density at radius 2 is 1.83 bits per heavy atom. The van der Waals surface area contributed by atoms with Crippen LogP contribution in [0.1, 0.15) is 41.8 Å². The van der Waals surface area contributed by atoms with Gasteiger partial charge < -0.3 is 20.8 Å². The number of oxazole rings is 1. The van der Waals surface area contributed by atoms with Crippen LogP contribution in [0.4, 0.5) is 11.4 Å². The molecule has 0 radical (unpaired) electrons. The Balaban J connectivity index is 1.70. The number of benzene rings is 2. The number of nitrogens with two attached hydrogens (primary N) is 1. The van der Waals surface area contributed by atoms with Gasteiger partial charge in [-0.15, -0.1) is 0 Å². The number of carbonyl (C=O) groups excluding carboxylic acids is 2. The van der Waals surface area contributed by atoms with Crippen molar-refractivity contribution in [3.63, 3.8) is 0 Å². The minimum absolute atomic E-state index is 0.0253. The van der Waals surface area contributed by atoms with Crippen molar-refractivity contribution < 1.29 is 18.9 Å². The number of thioether (sulfide) groups is 1. The molecule has 0 saturated heterocycles. The SMILES string of the molecule is CC(C)C(N)c1nc(C(=O)NC(CSCc2ccccc2)C(=O)Nc2ccc([N+](=O)[O-])cc2)co1. The van der Waals surface area contributed by atoms with E-state index in [-0.39, 0.29) is 28.9 Å². The number of nitrogens with one attached hydrogen (secondary N) is 2. The molecule has 0 aliphatic carbocycles. The van der Waals surface area contributed by atoms with Gasteiger partial charge in [0.1, 0.15) is 12.3 Å². The number of carbonyl (C=O) groups is 2. The van der Waals surface area contributed by atoms with Gasteiger partial charge in [-0.05, 0) is 23.6 Å². The van der Waals surface area contributed by atoms with E-state index in [1.165, 1.54) is 42.3 Å². The zero-order chi connectivity index (χ0) is 25.4. The third-order valence-electron chi connectivity index (χ3n) is 5.12. The molecule has 0 aliphatic heterocycles. The second-order valence-corrected chi connectivity index (χ2v) is 9.19. The third-order valence-corrected chi connectivity index (χ3v) is 6.23. The molecule has 1 aromatic heterocycles. The summed E-state index contributed by atoms with van der Waals surface area (Å²) in [4.78, 5) is 40.4. The molecule has 0 spiro atoms. The van der Waals surface area contributed by atoms with Gasteiger partial charge in [-0.1, -0.05) is 44.2 Å². The Morgan fingerprint density at radius 3 is 2.46 bits per heavy atom. The largest absolute Gasteiger partial charge is 0.446 e. The predicted octanol–water partition coefficient (Wildman–Crippen LogP) is 3.91. The van der Waals surface area contributed by atoms with E-state index in [4.69, 9.17) is 10.2 Å². The lowest BCUT2D eigenvalue weighted by molar-refractivity contribution is -0.384. The van der Waals surface area contributed by atoms with Crippen LogP contribution in [0, 0.1) is 16.0 Å². The Hall–Kier alpha value is -3.70. The second kappa shape index (κ2) is 12.1. The fourth-order valence-corrected chi connectivity index (χ4v) is 4.03. The summed E-state index contributed by atoms with van der Waals surface area (Å²) in [6.07, 6.45) is 1.22. The smallest absolute Gasteiger partial charge is 0.273 e. The van der Waals surface area contributed by atoms with Gasteiger partial charge in [-0.2, -0.15) is 11.8 Å². The number of aromatic nitrogens is 1. The first-order valence-corrected chi connectivity index (χ1v) is 12.1. The van der Waals surface area contributed by atoms with Crippen molar-refractivity contribution in [3.8, 4) is 0 Å². The Labute approximate surface area is 206 Å². The summed E-state index contributed by atoms with van der Waals surface area (Å²) in [6, 6.07) is 13.8. The summed E-state index contributed by atoms with van der Waals surface area (Å²) < 4.78 is 5.36. The van der Waals surface area contributed by atoms with Crippen LogP contribution < -0.4 is 16.4 Å². The first kappa shape index (κ1) is 25.9. The molecule has 0 fully saturated rings. The van der Waals surface area contributed by atoms with Crippen LogP contribution >= 0.6 is 11.8 Å². The molecule has 0 bridgehead atoms. The quantitative estimate of drug-likeness (QED) is 0.266. The fraction of sp³-hybridized carbons (Fsp3) is 0.292. The summed E-state index contributed by atoms with van der Waals surface area (Å²) in [5.41, 5.74) is 7.43. The minimum Gasteiger partial charge on any atom is -0.446 e. The lowest BCUT2D eigenvalue weighted by atomic mass is 10.1. The van der Waals surface area contributed by atoms with Crippen LogP contribution in [0.25, 0.3) is 0 Å². The van der Waals surface area contributed by atoms with E-state index in [0.717, 1.165) is 5.56 Å². The molecule has 0 aliphatic rings. The average Bonchev–Trinajstić information content (AvgIpc) is 3.34. The maximum Gasteiger partial charge on any atom is 0.273 e. The molecular weight excluding hydrogens is 470 g/mol. The van der Waals surface area contributed by atoms with Gasteiger partial charge in [0.05, 0.1) is 11.0 Å². The maximum atomic E-state index is 13.0. The highest BCUT2D eigenvalue weighted by Gasteiger charge is 2.25. The Bertz CT molecular complexity index is 1150. The molecule has 1 heterocycles. The van der Waals surface area contributed by atoms with Crippen molar-refractivity contribution in [1.29, 1.82) is 0 Å². The molecule has 184 valence electrons. The van der Waals surface area contributed by atoms with Gasteiger partial charge in [-0.25, -0.2) is 4.98 Å². The number of anilines is 1. The summed E-state index contributed by atoms with van der Waals surface area (Å²) in [7, 11) is 0. The van der Waals surface area contributed by atoms with E-state index in [1.54, 1.807) is 0 Å². The van der Waals surface area contributed by atoms with E-state index in [9.17, 15) is 19.7 Å². The normalized spacial score (nSPS) is 12.7.